The molecule has 0 aromatic rings. The smallest absolute Gasteiger partial charge is 0.293 e. The highest BCUT2D eigenvalue weighted by Crippen LogP contribution is 2.13. The highest BCUT2D eigenvalue weighted by Gasteiger charge is 2.23. The van der Waals surface area contributed by atoms with Crippen LogP contribution < -0.4 is 5.32 Å². The molecule has 1 aliphatic heterocycles. The minimum Gasteiger partial charge on any atom is -0.462 e. The molecule has 0 bridgehead atoms. The number of hydrogen-bond donors (Lipinski definition) is 1. The fourth-order valence-electron chi connectivity index (χ4n) is 1.75. The lowest BCUT2D eigenvalue weighted by molar-refractivity contribution is -0.138. The number of carbonyl (C=O) groups excluding carboxylic acids is 2. The third-order valence-corrected chi connectivity index (χ3v) is 2.81. The van der Waals surface area contributed by atoms with Crippen LogP contribution in [-0.2, 0) is 14.3 Å². The Morgan fingerprint density at radius 3 is 1.89 bits per heavy atom. The summed E-state index contributed by atoms with van der Waals surface area (Å²) in [4.78, 5) is 20.8. The number of carbonyl (C=O) groups is 2. The molecule has 1 aliphatic rings. The van der Waals surface area contributed by atoms with Crippen molar-refractivity contribution in [1.82, 2.24) is 5.32 Å². The minimum atomic E-state index is -0.318. The topological polar surface area (TPSA) is 55.4 Å². The highest BCUT2D eigenvalue weighted by molar-refractivity contribution is 5.80. The SMILES string of the molecule is CC(C)(C)OC=O.CCC1CC(=O)CC(CC)N1. The first-order chi connectivity index (χ1) is 8.32. The molecular weight excluding hydrogens is 230 g/mol. The second-order valence-corrected chi connectivity index (χ2v) is 5.65. The molecular formula is C14H27NO3. The molecule has 0 aliphatic carbocycles. The molecule has 1 fully saturated rings. The first-order valence-electron chi connectivity index (χ1n) is 6.71. The van der Waals surface area contributed by atoms with Crippen molar-refractivity contribution in [2.24, 2.45) is 0 Å². The number of ether oxygens (including phenoxy) is 1. The van der Waals surface area contributed by atoms with Crippen molar-refractivity contribution in [2.75, 3.05) is 0 Å². The van der Waals surface area contributed by atoms with Gasteiger partial charge in [-0.05, 0) is 33.6 Å². The lowest BCUT2D eigenvalue weighted by atomic mass is 9.94. The van der Waals surface area contributed by atoms with Gasteiger partial charge in [0.2, 0.25) is 0 Å². The van der Waals surface area contributed by atoms with Crippen molar-refractivity contribution in [1.29, 1.82) is 0 Å². The molecule has 0 aromatic heterocycles. The summed E-state index contributed by atoms with van der Waals surface area (Å²) in [7, 11) is 0. The predicted molar refractivity (Wildman–Crippen MR) is 72.4 cm³/mol. The van der Waals surface area contributed by atoms with Crippen LogP contribution in [0.1, 0.15) is 60.3 Å². The molecule has 4 heteroatoms. The van der Waals surface area contributed by atoms with E-state index in [4.69, 9.17) is 0 Å². The van der Waals surface area contributed by atoms with Crippen molar-refractivity contribution >= 4 is 12.3 Å². The molecule has 0 radical (unpaired) electrons. The third-order valence-electron chi connectivity index (χ3n) is 2.81. The number of hydrogen-bond acceptors (Lipinski definition) is 4. The third kappa shape index (κ3) is 8.23. The van der Waals surface area contributed by atoms with E-state index < -0.39 is 0 Å². The Labute approximate surface area is 110 Å². The fraction of sp³-hybridized carbons (Fsp3) is 0.857. The van der Waals surface area contributed by atoms with E-state index in [2.05, 4.69) is 23.9 Å². The summed E-state index contributed by atoms with van der Waals surface area (Å²) in [5, 5.41) is 3.46. The molecule has 2 atom stereocenters. The maximum Gasteiger partial charge on any atom is 0.293 e. The van der Waals surface area contributed by atoms with E-state index in [1.807, 2.05) is 20.8 Å². The van der Waals surface area contributed by atoms with Gasteiger partial charge in [-0.25, -0.2) is 0 Å². The Hall–Kier alpha value is -0.900. The molecule has 2 unspecified atom stereocenters. The van der Waals surface area contributed by atoms with Crippen molar-refractivity contribution < 1.29 is 14.3 Å². The van der Waals surface area contributed by atoms with E-state index in [1.54, 1.807) is 0 Å². The molecule has 106 valence electrons. The van der Waals surface area contributed by atoms with Crippen LogP contribution in [0.25, 0.3) is 0 Å². The first-order valence-corrected chi connectivity index (χ1v) is 6.71. The van der Waals surface area contributed by atoms with Crippen LogP contribution in [-0.4, -0.2) is 29.9 Å². The van der Waals surface area contributed by atoms with E-state index in [1.165, 1.54) is 0 Å². The fourth-order valence-corrected chi connectivity index (χ4v) is 1.75. The zero-order valence-corrected chi connectivity index (χ0v) is 12.3. The molecule has 0 aromatic carbocycles. The summed E-state index contributed by atoms with van der Waals surface area (Å²) < 4.78 is 4.55. The van der Waals surface area contributed by atoms with Gasteiger partial charge in [0.25, 0.3) is 6.47 Å². The van der Waals surface area contributed by atoms with Crippen molar-refractivity contribution in [2.45, 2.75) is 78.0 Å². The first kappa shape index (κ1) is 17.1. The minimum absolute atomic E-state index is 0.318. The maximum absolute atomic E-state index is 11.2. The van der Waals surface area contributed by atoms with Crippen LogP contribution in [0.15, 0.2) is 0 Å². The molecule has 1 N–H and O–H groups in total. The van der Waals surface area contributed by atoms with Gasteiger partial charge in [0, 0.05) is 24.9 Å². The van der Waals surface area contributed by atoms with Gasteiger partial charge in [-0.15, -0.1) is 0 Å². The quantitative estimate of drug-likeness (QED) is 0.789. The van der Waals surface area contributed by atoms with Gasteiger partial charge in [0.15, 0.2) is 0 Å². The Balaban J connectivity index is 0.000000360. The number of Topliss-reactive ketones (excluding diaryl/α,β-unsaturated/α-hetero) is 1. The van der Waals surface area contributed by atoms with Crippen molar-refractivity contribution in [3.05, 3.63) is 0 Å². The molecule has 1 rings (SSSR count). The van der Waals surface area contributed by atoms with Gasteiger partial charge >= 0.3 is 0 Å². The lowest BCUT2D eigenvalue weighted by Gasteiger charge is -2.28. The van der Waals surface area contributed by atoms with E-state index in [-0.39, 0.29) is 5.60 Å². The van der Waals surface area contributed by atoms with Gasteiger partial charge in [-0.2, -0.15) is 0 Å². The summed E-state index contributed by atoms with van der Waals surface area (Å²) in [6.07, 6.45) is 3.63. The van der Waals surface area contributed by atoms with Gasteiger partial charge in [0.1, 0.15) is 11.4 Å². The van der Waals surface area contributed by atoms with Crippen LogP contribution >= 0.6 is 0 Å². The van der Waals surface area contributed by atoms with Gasteiger partial charge in [-0.1, -0.05) is 13.8 Å². The van der Waals surface area contributed by atoms with Crippen LogP contribution in [0.5, 0.6) is 0 Å². The van der Waals surface area contributed by atoms with Gasteiger partial charge < -0.3 is 10.1 Å². The molecule has 0 spiro atoms. The zero-order valence-electron chi connectivity index (χ0n) is 12.3. The van der Waals surface area contributed by atoms with Crippen molar-refractivity contribution in [3.63, 3.8) is 0 Å². The Kier molecular flexibility index (Phi) is 7.83. The van der Waals surface area contributed by atoms with Crippen LogP contribution in [0.2, 0.25) is 0 Å². The summed E-state index contributed by atoms with van der Waals surface area (Å²) in [5.74, 6) is 0.433. The van der Waals surface area contributed by atoms with Gasteiger partial charge in [-0.3, -0.25) is 9.59 Å². The number of ketones is 1. The monoisotopic (exact) mass is 257 g/mol. The molecule has 4 nitrogen and oxygen atoms in total. The number of rotatable bonds is 3. The highest BCUT2D eigenvalue weighted by atomic mass is 16.5. The molecule has 1 heterocycles. The number of piperidine rings is 1. The average molecular weight is 257 g/mol. The molecule has 0 amide bonds. The lowest BCUT2D eigenvalue weighted by Crippen LogP contribution is -2.45. The summed E-state index contributed by atoms with van der Waals surface area (Å²) >= 11 is 0. The number of nitrogens with one attached hydrogen (secondary N) is 1. The Morgan fingerprint density at radius 1 is 1.22 bits per heavy atom. The average Bonchev–Trinajstić information content (AvgIpc) is 2.27. The Morgan fingerprint density at radius 2 is 1.67 bits per heavy atom. The van der Waals surface area contributed by atoms with E-state index in [0.29, 0.717) is 24.3 Å². The largest absolute Gasteiger partial charge is 0.462 e. The normalized spacial score (nSPS) is 23.9. The standard InChI is InChI=1S/C9H17NO.C5H10O2/c1-3-7-5-9(11)6-8(4-2)10-7;1-5(2,3)7-4-6/h7-8,10H,3-6H2,1-2H3;4H,1-3H3. The second kappa shape index (κ2) is 8.25. The van der Waals surface area contributed by atoms with Crippen molar-refractivity contribution in [3.8, 4) is 0 Å². The summed E-state index contributed by atoms with van der Waals surface area (Å²) in [6, 6.07) is 0.891. The Bertz CT molecular complexity index is 244. The van der Waals surface area contributed by atoms with Gasteiger partial charge in [0.05, 0.1) is 0 Å². The molecule has 0 saturated carbocycles. The summed E-state index contributed by atoms with van der Waals surface area (Å²) in [6.45, 7) is 10.2. The van der Waals surface area contributed by atoms with E-state index >= 15 is 0 Å². The van der Waals surface area contributed by atoms with Crippen LogP contribution in [0, 0.1) is 0 Å². The summed E-state index contributed by atoms with van der Waals surface area (Å²) in [5.41, 5.74) is -0.318. The van der Waals surface area contributed by atoms with Crippen LogP contribution in [0.3, 0.4) is 0 Å². The predicted octanol–water partition coefficient (Wildman–Crippen LogP) is 2.45. The maximum atomic E-state index is 11.2. The zero-order chi connectivity index (χ0) is 14.2. The van der Waals surface area contributed by atoms with E-state index in [0.717, 1.165) is 25.7 Å². The molecule has 18 heavy (non-hydrogen) atoms. The molecule has 1 saturated heterocycles. The second-order valence-electron chi connectivity index (χ2n) is 5.65. The van der Waals surface area contributed by atoms with Crippen LogP contribution in [0.4, 0.5) is 0 Å². The van der Waals surface area contributed by atoms with E-state index in [9.17, 15) is 9.59 Å².